The zero-order valence-corrected chi connectivity index (χ0v) is 24.1. The molecule has 212 valence electrons. The summed E-state index contributed by atoms with van der Waals surface area (Å²) in [7, 11) is -2.58. The van der Waals surface area contributed by atoms with E-state index in [1.807, 2.05) is 31.2 Å². The van der Waals surface area contributed by atoms with E-state index in [4.69, 9.17) is 4.74 Å². The van der Waals surface area contributed by atoms with Gasteiger partial charge in [-0.1, -0.05) is 55.3 Å². The second kappa shape index (κ2) is 13.0. The van der Waals surface area contributed by atoms with E-state index in [1.54, 1.807) is 49.4 Å². The largest absolute Gasteiger partial charge is 0.497 e. The molecule has 0 aromatic heterocycles. The summed E-state index contributed by atoms with van der Waals surface area (Å²) in [6, 6.07) is 21.5. The Labute approximate surface area is 237 Å². The Morgan fingerprint density at radius 3 is 2.20 bits per heavy atom. The highest BCUT2D eigenvalue weighted by Gasteiger charge is 2.33. The zero-order valence-electron chi connectivity index (χ0n) is 23.2. The number of aryl methyl sites for hydroxylation is 1. The van der Waals surface area contributed by atoms with Crippen LogP contribution in [-0.4, -0.2) is 50.9 Å². The summed E-state index contributed by atoms with van der Waals surface area (Å²) in [6.07, 6.45) is 3.98. The summed E-state index contributed by atoms with van der Waals surface area (Å²) >= 11 is 0. The van der Waals surface area contributed by atoms with Gasteiger partial charge in [-0.25, -0.2) is 8.42 Å². The van der Waals surface area contributed by atoms with Crippen LogP contribution in [0, 0.1) is 6.92 Å². The highest BCUT2D eigenvalue weighted by Crippen LogP contribution is 2.27. The van der Waals surface area contributed by atoms with Crippen LogP contribution in [0.5, 0.6) is 5.75 Å². The van der Waals surface area contributed by atoms with E-state index < -0.39 is 28.5 Å². The van der Waals surface area contributed by atoms with Crippen LogP contribution >= 0.6 is 0 Å². The molecule has 0 radical (unpaired) electrons. The first-order chi connectivity index (χ1) is 19.2. The number of nitrogens with one attached hydrogen (secondary N) is 1. The highest BCUT2D eigenvalue weighted by molar-refractivity contribution is 7.92. The second-order valence-electron chi connectivity index (χ2n) is 10.1. The van der Waals surface area contributed by atoms with E-state index in [-0.39, 0.29) is 23.4 Å². The van der Waals surface area contributed by atoms with Gasteiger partial charge in [0.25, 0.3) is 10.0 Å². The van der Waals surface area contributed by atoms with Gasteiger partial charge in [0.2, 0.25) is 11.8 Å². The fourth-order valence-corrected chi connectivity index (χ4v) is 6.38. The summed E-state index contributed by atoms with van der Waals surface area (Å²) in [5.41, 5.74) is 2.18. The molecule has 1 fully saturated rings. The van der Waals surface area contributed by atoms with Gasteiger partial charge in [-0.3, -0.25) is 13.9 Å². The minimum absolute atomic E-state index is 0.0658. The molecule has 1 saturated carbocycles. The summed E-state index contributed by atoms with van der Waals surface area (Å²) in [4.78, 5) is 28.9. The van der Waals surface area contributed by atoms with E-state index >= 15 is 0 Å². The lowest BCUT2D eigenvalue weighted by molar-refractivity contribution is -0.139. The van der Waals surface area contributed by atoms with Crippen molar-refractivity contribution in [2.75, 3.05) is 18.0 Å². The maximum absolute atomic E-state index is 14.0. The molecule has 0 saturated heterocycles. The Morgan fingerprint density at radius 1 is 0.950 bits per heavy atom. The molecule has 2 amide bonds. The first-order valence-corrected chi connectivity index (χ1v) is 15.0. The van der Waals surface area contributed by atoms with Crippen molar-refractivity contribution in [2.45, 2.75) is 63.1 Å². The van der Waals surface area contributed by atoms with Crippen molar-refractivity contribution in [3.8, 4) is 5.75 Å². The van der Waals surface area contributed by atoms with Crippen molar-refractivity contribution < 1.29 is 22.7 Å². The number of rotatable bonds is 11. The van der Waals surface area contributed by atoms with E-state index in [9.17, 15) is 18.0 Å². The van der Waals surface area contributed by atoms with Gasteiger partial charge in [-0.15, -0.1) is 0 Å². The smallest absolute Gasteiger partial charge is 0.264 e. The summed E-state index contributed by atoms with van der Waals surface area (Å²) in [5.74, 6) is -0.158. The molecular formula is C31H37N3O5S. The Morgan fingerprint density at radius 2 is 1.57 bits per heavy atom. The number of sulfonamides is 1. The van der Waals surface area contributed by atoms with E-state index in [2.05, 4.69) is 5.32 Å². The predicted octanol–water partition coefficient (Wildman–Crippen LogP) is 4.68. The zero-order chi connectivity index (χ0) is 28.7. The molecule has 0 bridgehead atoms. The van der Waals surface area contributed by atoms with E-state index in [0.717, 1.165) is 41.1 Å². The number of hydrogen-bond acceptors (Lipinski definition) is 5. The summed E-state index contributed by atoms with van der Waals surface area (Å²) in [6.45, 7) is 3.34. The second-order valence-corrected chi connectivity index (χ2v) is 12.0. The minimum atomic E-state index is -4.10. The third kappa shape index (κ3) is 6.83. The van der Waals surface area contributed by atoms with Gasteiger partial charge in [0.15, 0.2) is 0 Å². The molecule has 8 nitrogen and oxygen atoms in total. The van der Waals surface area contributed by atoms with Crippen LogP contribution < -0.4 is 14.4 Å². The molecule has 4 rings (SSSR count). The number of hydrogen-bond donors (Lipinski definition) is 1. The average Bonchev–Trinajstić information content (AvgIpc) is 3.48. The van der Waals surface area contributed by atoms with Crippen LogP contribution in [0.1, 0.15) is 43.7 Å². The van der Waals surface area contributed by atoms with Crippen molar-refractivity contribution in [3.63, 3.8) is 0 Å². The lowest BCUT2D eigenvalue weighted by atomic mass is 10.1. The molecule has 0 heterocycles. The van der Waals surface area contributed by atoms with Gasteiger partial charge >= 0.3 is 0 Å². The molecule has 1 N–H and O–H groups in total. The van der Waals surface area contributed by atoms with Gasteiger partial charge in [0.1, 0.15) is 18.3 Å². The number of benzene rings is 3. The van der Waals surface area contributed by atoms with Crippen LogP contribution in [0.15, 0.2) is 83.8 Å². The monoisotopic (exact) mass is 563 g/mol. The number of ether oxygens (including phenoxy) is 1. The van der Waals surface area contributed by atoms with Crippen molar-refractivity contribution in [3.05, 3.63) is 90.0 Å². The Balaban J connectivity index is 1.68. The average molecular weight is 564 g/mol. The molecule has 3 aromatic carbocycles. The molecule has 1 aliphatic rings. The molecular weight excluding hydrogens is 526 g/mol. The third-order valence-corrected chi connectivity index (χ3v) is 9.23. The number of amides is 2. The van der Waals surface area contributed by atoms with Crippen LogP contribution in [0.4, 0.5) is 5.69 Å². The van der Waals surface area contributed by atoms with Crippen molar-refractivity contribution >= 4 is 27.5 Å². The SMILES string of the molecule is COc1ccc(N(CC(=O)N(Cc2ccccc2C)[C@H](C)C(=O)NC2CCCC2)S(=O)(=O)c2ccccc2)cc1. The van der Waals surface area contributed by atoms with Gasteiger partial charge in [0, 0.05) is 12.6 Å². The molecule has 3 aromatic rings. The number of anilines is 1. The first kappa shape index (κ1) is 29.1. The molecule has 1 aliphatic carbocycles. The van der Waals surface area contributed by atoms with E-state index in [0.29, 0.717) is 11.4 Å². The fraction of sp³-hybridized carbons (Fsp3) is 0.355. The van der Waals surface area contributed by atoms with Crippen molar-refractivity contribution in [1.82, 2.24) is 10.2 Å². The minimum Gasteiger partial charge on any atom is -0.497 e. The van der Waals surface area contributed by atoms with Gasteiger partial charge in [0.05, 0.1) is 17.7 Å². The molecule has 9 heteroatoms. The van der Waals surface area contributed by atoms with Crippen LogP contribution in [0.25, 0.3) is 0 Å². The number of carbonyl (C=O) groups excluding carboxylic acids is 2. The van der Waals surface area contributed by atoms with Crippen LogP contribution in [-0.2, 0) is 26.2 Å². The molecule has 40 heavy (non-hydrogen) atoms. The van der Waals surface area contributed by atoms with E-state index in [1.165, 1.54) is 24.1 Å². The lowest BCUT2D eigenvalue weighted by Gasteiger charge is -2.32. The molecule has 0 unspecified atom stereocenters. The van der Waals surface area contributed by atoms with Crippen molar-refractivity contribution in [1.29, 1.82) is 0 Å². The summed E-state index contributed by atoms with van der Waals surface area (Å²) in [5, 5.41) is 3.09. The summed E-state index contributed by atoms with van der Waals surface area (Å²) < 4.78 is 34.0. The van der Waals surface area contributed by atoms with Gasteiger partial charge in [-0.05, 0) is 74.2 Å². The third-order valence-electron chi connectivity index (χ3n) is 7.44. The van der Waals surface area contributed by atoms with Crippen LogP contribution in [0.2, 0.25) is 0 Å². The fourth-order valence-electron chi connectivity index (χ4n) is 4.94. The molecule has 0 spiro atoms. The first-order valence-electron chi connectivity index (χ1n) is 13.6. The highest BCUT2D eigenvalue weighted by atomic mass is 32.2. The van der Waals surface area contributed by atoms with Gasteiger partial charge < -0.3 is 15.0 Å². The maximum Gasteiger partial charge on any atom is 0.264 e. The lowest BCUT2D eigenvalue weighted by Crippen LogP contribution is -2.52. The topological polar surface area (TPSA) is 96.0 Å². The maximum atomic E-state index is 14.0. The quantitative estimate of drug-likeness (QED) is 0.366. The predicted molar refractivity (Wildman–Crippen MR) is 156 cm³/mol. The van der Waals surface area contributed by atoms with Crippen LogP contribution in [0.3, 0.4) is 0 Å². The normalized spacial score (nSPS) is 14.4. The number of carbonyl (C=O) groups is 2. The molecule has 0 aliphatic heterocycles. The van der Waals surface area contributed by atoms with Gasteiger partial charge in [-0.2, -0.15) is 0 Å². The standard InChI is InChI=1S/C31H37N3O5S/c1-23-11-7-8-12-25(23)21-33(24(2)31(36)32-26-13-9-10-14-26)30(35)22-34(27-17-19-28(39-3)20-18-27)40(37,38)29-15-5-4-6-16-29/h4-8,11-12,15-20,24,26H,9-10,13-14,21-22H2,1-3H3,(H,32,36)/t24-/m1/s1. The number of methoxy groups -OCH3 is 1. The Hall–Kier alpha value is -3.85. The Kier molecular flexibility index (Phi) is 9.47. The number of nitrogens with zero attached hydrogens (tertiary/aromatic N) is 2. The van der Waals surface area contributed by atoms with Crippen molar-refractivity contribution in [2.24, 2.45) is 0 Å². The Bertz CT molecular complexity index is 1400. The molecule has 1 atom stereocenters.